The van der Waals surface area contributed by atoms with Gasteiger partial charge in [-0.3, -0.25) is 4.79 Å². The predicted octanol–water partition coefficient (Wildman–Crippen LogP) is 1.39. The Hall–Kier alpha value is -1.86. The topological polar surface area (TPSA) is 64.2 Å². The highest BCUT2D eigenvalue weighted by Gasteiger charge is 2.46. The van der Waals surface area contributed by atoms with Crippen molar-refractivity contribution in [1.29, 1.82) is 0 Å². The van der Waals surface area contributed by atoms with Gasteiger partial charge in [-0.15, -0.1) is 16.9 Å². The molecule has 1 unspecified atom stereocenters. The molecular weight excluding hydrogens is 370 g/mol. The number of quaternary nitrogens is 1. The van der Waals surface area contributed by atoms with E-state index in [-0.39, 0.29) is 17.9 Å². The molecule has 2 aromatic rings. The smallest absolute Gasteiger partial charge is 0.229 e. The monoisotopic (exact) mass is 400 g/mol. The van der Waals surface area contributed by atoms with Crippen LogP contribution >= 0.6 is 11.8 Å². The normalized spacial score (nSPS) is 26.5. The van der Waals surface area contributed by atoms with Gasteiger partial charge >= 0.3 is 0 Å². The number of benzene rings is 1. The number of hydrogen-bond donors (Lipinski definition) is 2. The second-order valence-electron chi connectivity index (χ2n) is 8.40. The first-order valence-corrected chi connectivity index (χ1v) is 11.3. The van der Waals surface area contributed by atoms with Crippen LogP contribution in [0.4, 0.5) is 0 Å². The van der Waals surface area contributed by atoms with Crippen LogP contribution in [-0.4, -0.2) is 46.1 Å². The fourth-order valence-corrected chi connectivity index (χ4v) is 5.40. The summed E-state index contributed by atoms with van der Waals surface area (Å²) in [6.07, 6.45) is 4.36. The van der Waals surface area contributed by atoms with E-state index in [2.05, 4.69) is 46.1 Å². The van der Waals surface area contributed by atoms with E-state index < -0.39 is 0 Å². The summed E-state index contributed by atoms with van der Waals surface area (Å²) in [6.45, 7) is 7.10. The molecule has 6 nitrogen and oxygen atoms in total. The lowest BCUT2D eigenvalue weighted by Crippen LogP contribution is -3.20. The first kappa shape index (κ1) is 19.5. The largest absolute Gasteiger partial charge is 0.353 e. The van der Waals surface area contributed by atoms with Gasteiger partial charge in [-0.25, -0.2) is 4.68 Å². The number of hydrogen-bond acceptors (Lipinski definition) is 4. The van der Waals surface area contributed by atoms with Crippen LogP contribution in [0.1, 0.15) is 32.4 Å². The van der Waals surface area contributed by atoms with Gasteiger partial charge in [0.25, 0.3) is 0 Å². The Morgan fingerprint density at radius 3 is 2.89 bits per heavy atom. The lowest BCUT2D eigenvalue weighted by Gasteiger charge is -2.46. The molecule has 1 aromatic carbocycles. The van der Waals surface area contributed by atoms with E-state index in [9.17, 15) is 4.79 Å². The molecule has 0 aliphatic carbocycles. The Bertz CT molecular complexity index is 793. The average molecular weight is 401 g/mol. The fraction of sp³-hybridized carbons (Fsp3) is 0.571. The molecule has 0 saturated carbocycles. The fourth-order valence-electron chi connectivity index (χ4n) is 4.60. The first-order valence-electron chi connectivity index (χ1n) is 10.3. The minimum absolute atomic E-state index is 0.177. The van der Waals surface area contributed by atoms with E-state index in [1.54, 1.807) is 16.7 Å². The maximum Gasteiger partial charge on any atom is 0.229 e. The van der Waals surface area contributed by atoms with Gasteiger partial charge in [0.15, 0.2) is 0 Å². The molecule has 1 aromatic heterocycles. The van der Waals surface area contributed by atoms with Crippen LogP contribution in [0.2, 0.25) is 0 Å². The third-order valence-corrected chi connectivity index (χ3v) is 6.99. The van der Waals surface area contributed by atoms with Gasteiger partial charge in [0, 0.05) is 35.7 Å². The van der Waals surface area contributed by atoms with Crippen molar-refractivity contribution in [1.82, 2.24) is 20.3 Å². The summed E-state index contributed by atoms with van der Waals surface area (Å²) in [7, 11) is 0. The van der Waals surface area contributed by atoms with E-state index in [0.717, 1.165) is 31.0 Å². The van der Waals surface area contributed by atoms with Crippen molar-refractivity contribution in [3.05, 3.63) is 42.2 Å². The molecular formula is C21H30N5OS+. The number of carbonyl (C=O) groups is 1. The molecule has 1 amide bonds. The van der Waals surface area contributed by atoms with Crippen LogP contribution in [0.5, 0.6) is 0 Å². The molecule has 3 aliphatic heterocycles. The lowest BCUT2D eigenvalue weighted by atomic mass is 9.75. The summed E-state index contributed by atoms with van der Waals surface area (Å²) in [5.41, 5.74) is 1.02. The number of amides is 1. The third kappa shape index (κ3) is 4.58. The van der Waals surface area contributed by atoms with Gasteiger partial charge in [0.05, 0.1) is 31.2 Å². The van der Waals surface area contributed by atoms with Crippen LogP contribution in [0.3, 0.4) is 0 Å². The summed E-state index contributed by atoms with van der Waals surface area (Å²) >= 11 is 1.79. The van der Waals surface area contributed by atoms with Crippen molar-refractivity contribution in [3.63, 3.8) is 0 Å². The van der Waals surface area contributed by atoms with Gasteiger partial charge in [0.2, 0.25) is 5.91 Å². The zero-order valence-corrected chi connectivity index (χ0v) is 17.5. The highest BCUT2D eigenvalue weighted by atomic mass is 32.2. The Morgan fingerprint density at radius 2 is 2.18 bits per heavy atom. The molecule has 7 heteroatoms. The Morgan fingerprint density at radius 1 is 1.36 bits per heavy atom. The molecule has 0 spiro atoms. The van der Waals surface area contributed by atoms with E-state index in [4.69, 9.17) is 0 Å². The molecule has 5 rings (SSSR count). The number of rotatable bonds is 7. The van der Waals surface area contributed by atoms with Crippen molar-refractivity contribution in [2.24, 2.45) is 11.8 Å². The molecule has 2 bridgehead atoms. The van der Waals surface area contributed by atoms with E-state index in [1.165, 1.54) is 17.9 Å². The maximum atomic E-state index is 12.5. The number of nitrogens with one attached hydrogen (secondary N) is 2. The Balaban J connectivity index is 1.31. The molecule has 4 heterocycles. The molecule has 2 N–H and O–H groups in total. The summed E-state index contributed by atoms with van der Waals surface area (Å²) < 4.78 is 2.00. The van der Waals surface area contributed by atoms with Crippen LogP contribution in [0.15, 0.2) is 41.4 Å². The maximum absolute atomic E-state index is 12.5. The van der Waals surface area contributed by atoms with Crippen molar-refractivity contribution >= 4 is 17.7 Å². The molecule has 0 radical (unpaired) electrons. The number of thioether (sulfide) groups is 1. The van der Waals surface area contributed by atoms with Crippen LogP contribution < -0.4 is 10.2 Å². The summed E-state index contributed by atoms with van der Waals surface area (Å²) in [6, 6.07) is 11.2. The lowest BCUT2D eigenvalue weighted by molar-refractivity contribution is -0.945. The van der Waals surface area contributed by atoms with Crippen molar-refractivity contribution in [2.45, 2.75) is 56.0 Å². The Labute approximate surface area is 171 Å². The predicted molar refractivity (Wildman–Crippen MR) is 110 cm³/mol. The average Bonchev–Trinajstić information content (AvgIpc) is 3.14. The quantitative estimate of drug-likeness (QED) is 0.690. The van der Waals surface area contributed by atoms with Crippen LogP contribution in [0.25, 0.3) is 0 Å². The SMILES string of the molecule is CC(C)NC(=O)[C@H]1C[NH+]2CC[C@@H]1C[C@@H]2Cn1cc(CSc2ccccc2)nn1. The number of piperidine rings is 3. The van der Waals surface area contributed by atoms with Crippen molar-refractivity contribution in [2.75, 3.05) is 13.1 Å². The Kier molecular flexibility index (Phi) is 6.01. The standard InChI is InChI=1S/C21H29N5OS/c1-15(2)22-21(27)20-13-25-9-8-16(20)10-18(25)12-26-11-17(23-24-26)14-28-19-6-4-3-5-7-19/h3-7,11,15-16,18,20H,8-10,12-14H2,1-2H3,(H,22,27)/p+1/t16-,18-,20+/m1/s1. The highest BCUT2D eigenvalue weighted by Crippen LogP contribution is 2.28. The summed E-state index contributed by atoms with van der Waals surface area (Å²) in [4.78, 5) is 15.3. The van der Waals surface area contributed by atoms with Gasteiger partial charge in [0.1, 0.15) is 6.04 Å². The number of carbonyl (C=O) groups excluding carboxylic acids is 1. The molecule has 150 valence electrons. The molecule has 28 heavy (non-hydrogen) atoms. The second kappa shape index (κ2) is 8.66. The molecule has 3 aliphatic rings. The minimum atomic E-state index is 0.177. The first-order chi connectivity index (χ1) is 13.6. The van der Waals surface area contributed by atoms with Crippen LogP contribution in [-0.2, 0) is 17.1 Å². The van der Waals surface area contributed by atoms with Crippen LogP contribution in [0, 0.1) is 11.8 Å². The van der Waals surface area contributed by atoms with Gasteiger partial charge < -0.3 is 10.2 Å². The van der Waals surface area contributed by atoms with Crippen molar-refractivity contribution < 1.29 is 9.69 Å². The molecule has 4 atom stereocenters. The summed E-state index contributed by atoms with van der Waals surface area (Å²) in [5, 5.41) is 11.8. The minimum Gasteiger partial charge on any atom is -0.353 e. The van der Waals surface area contributed by atoms with E-state index in [0.29, 0.717) is 12.0 Å². The third-order valence-electron chi connectivity index (χ3n) is 5.94. The van der Waals surface area contributed by atoms with Gasteiger partial charge in [-0.1, -0.05) is 23.4 Å². The second-order valence-corrected chi connectivity index (χ2v) is 9.45. The molecule has 3 fully saturated rings. The van der Waals surface area contributed by atoms with Gasteiger partial charge in [-0.05, 0) is 31.9 Å². The van der Waals surface area contributed by atoms with Crippen molar-refractivity contribution in [3.8, 4) is 0 Å². The number of aromatic nitrogens is 3. The zero-order valence-electron chi connectivity index (χ0n) is 16.7. The zero-order chi connectivity index (χ0) is 19.5. The highest BCUT2D eigenvalue weighted by molar-refractivity contribution is 7.98. The summed E-state index contributed by atoms with van der Waals surface area (Å²) in [5.74, 6) is 1.77. The van der Waals surface area contributed by atoms with E-state index >= 15 is 0 Å². The number of fused-ring (bicyclic) bond motifs is 3. The molecule has 3 saturated heterocycles. The number of nitrogens with zero attached hydrogens (tertiary/aromatic N) is 3. The van der Waals surface area contributed by atoms with Gasteiger partial charge in [-0.2, -0.15) is 0 Å². The van der Waals surface area contributed by atoms with E-state index in [1.807, 2.05) is 24.6 Å².